The third kappa shape index (κ3) is 6.26. The molecule has 0 spiro atoms. The normalized spacial score (nSPS) is 19.4. The number of nitriles is 1. The van der Waals surface area contributed by atoms with E-state index in [4.69, 9.17) is 26.8 Å². The van der Waals surface area contributed by atoms with E-state index in [0.717, 1.165) is 30.7 Å². The molecule has 2 aromatic carbocycles. The molecule has 0 bridgehead atoms. The van der Waals surface area contributed by atoms with Gasteiger partial charge in [0, 0.05) is 49.4 Å². The number of halogens is 4. The van der Waals surface area contributed by atoms with Crippen LogP contribution < -0.4 is 20.7 Å². The van der Waals surface area contributed by atoms with Crippen LogP contribution in [0.15, 0.2) is 18.2 Å². The Morgan fingerprint density at radius 3 is 2.83 bits per heavy atom. The van der Waals surface area contributed by atoms with Crippen LogP contribution in [0.4, 0.5) is 28.8 Å². The van der Waals surface area contributed by atoms with E-state index in [1.807, 2.05) is 6.07 Å². The summed E-state index contributed by atoms with van der Waals surface area (Å²) in [5.41, 5.74) is 4.84. The van der Waals surface area contributed by atoms with E-state index in [2.05, 4.69) is 20.2 Å². The van der Waals surface area contributed by atoms with Gasteiger partial charge in [-0.1, -0.05) is 17.7 Å². The molecule has 0 aliphatic carbocycles. The van der Waals surface area contributed by atoms with Crippen LogP contribution in [0.1, 0.15) is 45.6 Å². The number of benzene rings is 2. The number of aromatic nitrogens is 2. The number of nitrogens with zero attached hydrogens (tertiary/aromatic N) is 5. The topological polar surface area (TPSA) is 130 Å². The summed E-state index contributed by atoms with van der Waals surface area (Å²) in [5.74, 6) is -1.17. The van der Waals surface area contributed by atoms with Crippen LogP contribution in [0.3, 0.4) is 0 Å². The smallest absolute Gasteiger partial charge is 0.407 e. The maximum Gasteiger partial charge on any atom is 0.407 e. The molecule has 0 unspecified atom stereocenters. The lowest BCUT2D eigenvalue weighted by atomic mass is 9.95. The number of likely N-dealkylation sites (N-methyl/N-ethyl adjacent to an activating group) is 1. The van der Waals surface area contributed by atoms with Crippen molar-refractivity contribution in [3.05, 3.63) is 40.4 Å². The molecule has 1 amide bonds. The number of ether oxygens (including phenoxy) is 2. The molecule has 15 heteroatoms. The third-order valence-corrected chi connectivity index (χ3v) is 10.1. The highest BCUT2D eigenvalue weighted by Gasteiger charge is 2.49. The van der Waals surface area contributed by atoms with Crippen molar-refractivity contribution in [2.24, 2.45) is 0 Å². The van der Waals surface area contributed by atoms with Crippen molar-refractivity contribution in [3.8, 4) is 23.2 Å². The molecule has 2 atom stereocenters. The van der Waals surface area contributed by atoms with E-state index in [0.29, 0.717) is 13.0 Å². The Morgan fingerprint density at radius 2 is 2.10 bits per heavy atom. The largest absolute Gasteiger partial charge is 0.461 e. The summed E-state index contributed by atoms with van der Waals surface area (Å²) in [5, 5.41) is 13.0. The first-order valence-corrected chi connectivity index (χ1v) is 16.7. The van der Waals surface area contributed by atoms with Crippen LogP contribution in [0.25, 0.3) is 32.1 Å². The zero-order valence-electron chi connectivity index (χ0n) is 26.9. The fraction of sp³-hybridized carbons (Fsp3) is 0.455. The number of carbonyl (C=O) groups is 1. The molecule has 4 aromatic rings. The highest BCUT2D eigenvalue weighted by Crippen LogP contribution is 2.46. The fourth-order valence-corrected chi connectivity index (χ4v) is 7.91. The lowest BCUT2D eigenvalue weighted by Gasteiger charge is -2.31. The number of rotatable bonds is 8. The number of nitrogen functional groups attached to an aromatic ring is 1. The van der Waals surface area contributed by atoms with Crippen molar-refractivity contribution in [3.63, 3.8) is 0 Å². The monoisotopic (exact) mass is 701 g/mol. The zero-order valence-corrected chi connectivity index (χ0v) is 28.5. The second-order valence-corrected chi connectivity index (χ2v) is 14.7. The Hall–Kier alpha value is -4.06. The maximum absolute atomic E-state index is 16.8. The number of hydrogen-bond donors (Lipinski definition) is 2. The summed E-state index contributed by atoms with van der Waals surface area (Å²) < 4.78 is 57.7. The molecule has 6 rings (SSSR count). The van der Waals surface area contributed by atoms with Crippen molar-refractivity contribution in [1.29, 1.82) is 5.26 Å². The Labute approximate surface area is 284 Å². The summed E-state index contributed by atoms with van der Waals surface area (Å²) in [6, 6.07) is 5.91. The van der Waals surface area contributed by atoms with Crippen LogP contribution in [0.2, 0.25) is 5.02 Å². The van der Waals surface area contributed by atoms with E-state index >= 15 is 4.39 Å². The summed E-state index contributed by atoms with van der Waals surface area (Å²) in [7, 11) is 1.71. The predicted octanol–water partition coefficient (Wildman–Crippen LogP) is 6.81. The Morgan fingerprint density at radius 1 is 1.33 bits per heavy atom. The van der Waals surface area contributed by atoms with Gasteiger partial charge in [-0.3, -0.25) is 4.90 Å². The minimum absolute atomic E-state index is 0.0211. The molecule has 48 heavy (non-hydrogen) atoms. The number of alkyl halides is 1. The van der Waals surface area contributed by atoms with Crippen LogP contribution in [-0.2, 0) is 4.74 Å². The average Bonchev–Trinajstić information content (AvgIpc) is 3.65. The van der Waals surface area contributed by atoms with Crippen LogP contribution >= 0.6 is 22.9 Å². The van der Waals surface area contributed by atoms with Gasteiger partial charge < -0.3 is 25.4 Å². The first-order chi connectivity index (χ1) is 22.7. The van der Waals surface area contributed by atoms with Gasteiger partial charge in [0.25, 0.3) is 0 Å². The quantitative estimate of drug-likeness (QED) is 0.203. The standard InChI is InChI=1S/C33H35ClF3N7O3S/c1-32(2,3)47-31(45)40-9-11-43(4)29-19-12-21(34)24(18-6-7-22(36)27-23(18)20(14-38)28(39)48-27)25(37)26(19)41-30(42-29)46-16-33-8-5-10-44(33)15-17(35)13-33/h6-7,12,17H,5,8-11,13,15-16,39H2,1-4H3,(H,40,45)/t17-,33+/m1/s1. The van der Waals surface area contributed by atoms with E-state index in [1.165, 1.54) is 18.2 Å². The number of amides is 1. The van der Waals surface area contributed by atoms with Crippen LogP contribution in [0.5, 0.6) is 6.01 Å². The van der Waals surface area contributed by atoms with E-state index in [-0.39, 0.29) is 79.2 Å². The van der Waals surface area contributed by atoms with Gasteiger partial charge in [-0.05, 0) is 57.9 Å². The summed E-state index contributed by atoms with van der Waals surface area (Å²) in [4.78, 5) is 25.1. The third-order valence-electron chi connectivity index (χ3n) is 8.75. The van der Waals surface area contributed by atoms with Crippen molar-refractivity contribution in [1.82, 2.24) is 20.2 Å². The number of alkyl carbamates (subject to hydrolysis) is 1. The van der Waals surface area contributed by atoms with Crippen molar-refractivity contribution >= 4 is 60.8 Å². The highest BCUT2D eigenvalue weighted by atomic mass is 35.5. The zero-order chi connectivity index (χ0) is 34.5. The predicted molar refractivity (Wildman–Crippen MR) is 180 cm³/mol. The van der Waals surface area contributed by atoms with Gasteiger partial charge in [-0.15, -0.1) is 11.3 Å². The number of nitrogens with two attached hydrogens (primary N) is 1. The Kier molecular flexibility index (Phi) is 8.99. The van der Waals surface area contributed by atoms with E-state index in [9.17, 15) is 18.8 Å². The molecule has 2 aliphatic rings. The first-order valence-electron chi connectivity index (χ1n) is 15.5. The molecule has 254 valence electrons. The number of hydrogen-bond acceptors (Lipinski definition) is 10. The van der Waals surface area contributed by atoms with Crippen LogP contribution in [-0.4, -0.2) is 78.1 Å². The molecule has 10 nitrogen and oxygen atoms in total. The van der Waals surface area contributed by atoms with Gasteiger partial charge in [-0.25, -0.2) is 18.0 Å². The van der Waals surface area contributed by atoms with Crippen molar-refractivity contribution in [2.45, 2.75) is 57.3 Å². The Balaban J connectivity index is 1.43. The van der Waals surface area contributed by atoms with Crippen molar-refractivity contribution in [2.75, 3.05) is 50.5 Å². The summed E-state index contributed by atoms with van der Waals surface area (Å²) in [6.07, 6.45) is 0.427. The second-order valence-electron chi connectivity index (χ2n) is 13.2. The number of anilines is 2. The lowest BCUT2D eigenvalue weighted by Crippen LogP contribution is -2.43. The lowest BCUT2D eigenvalue weighted by molar-refractivity contribution is 0.0529. The first kappa shape index (κ1) is 33.8. The molecule has 4 heterocycles. The summed E-state index contributed by atoms with van der Waals surface area (Å²) >= 11 is 7.66. The van der Waals surface area contributed by atoms with Gasteiger partial charge >= 0.3 is 12.1 Å². The number of fused-ring (bicyclic) bond motifs is 3. The molecule has 0 radical (unpaired) electrons. The van der Waals surface area contributed by atoms with E-state index < -0.39 is 35.0 Å². The van der Waals surface area contributed by atoms with Gasteiger partial charge in [0.15, 0.2) is 5.82 Å². The molecular weight excluding hydrogens is 667 g/mol. The van der Waals surface area contributed by atoms with E-state index in [1.54, 1.807) is 32.7 Å². The SMILES string of the molecule is CN(CCNC(=O)OC(C)(C)C)c1nc(OC[C@@]23CCCN2C[C@H](F)C3)nc2c(F)c(-c3ccc(F)c4sc(N)c(C#N)c34)c(Cl)cc12. The number of nitrogens with one attached hydrogen (secondary N) is 1. The average molecular weight is 702 g/mol. The Bertz CT molecular complexity index is 1960. The van der Waals surface area contributed by atoms with Crippen molar-refractivity contribution < 1.29 is 27.4 Å². The fourth-order valence-electron chi connectivity index (χ4n) is 6.66. The molecule has 2 saturated heterocycles. The number of carbonyl (C=O) groups excluding carboxylic acids is 1. The number of thiophene rings is 1. The summed E-state index contributed by atoms with van der Waals surface area (Å²) in [6.45, 7) is 6.90. The molecule has 2 aliphatic heterocycles. The molecule has 0 saturated carbocycles. The van der Waals surface area contributed by atoms with Gasteiger partial charge in [0.1, 0.15) is 46.6 Å². The minimum atomic E-state index is -0.968. The highest BCUT2D eigenvalue weighted by molar-refractivity contribution is 7.23. The molecule has 2 fully saturated rings. The van der Waals surface area contributed by atoms with Gasteiger partial charge in [-0.2, -0.15) is 15.2 Å². The molecule has 2 aromatic heterocycles. The second kappa shape index (κ2) is 12.8. The molecule has 3 N–H and O–H groups in total. The van der Waals surface area contributed by atoms with Crippen LogP contribution in [0, 0.1) is 23.0 Å². The molecular formula is C33H35ClF3N7O3S. The van der Waals surface area contributed by atoms with Gasteiger partial charge in [0.2, 0.25) is 0 Å². The maximum atomic E-state index is 16.8. The minimum Gasteiger partial charge on any atom is -0.461 e. The van der Waals surface area contributed by atoms with Gasteiger partial charge in [0.05, 0.1) is 20.8 Å².